The Morgan fingerprint density at radius 1 is 1.07 bits per heavy atom. The van der Waals surface area contributed by atoms with Gasteiger partial charge in [0.1, 0.15) is 4.88 Å². The lowest BCUT2D eigenvalue weighted by molar-refractivity contribution is -0.132. The number of halogens is 1. The van der Waals surface area contributed by atoms with Crippen molar-refractivity contribution < 1.29 is 9.59 Å². The summed E-state index contributed by atoms with van der Waals surface area (Å²) >= 11 is 7.67. The summed E-state index contributed by atoms with van der Waals surface area (Å²) in [7, 11) is 0. The van der Waals surface area contributed by atoms with E-state index in [4.69, 9.17) is 11.6 Å². The van der Waals surface area contributed by atoms with Gasteiger partial charge in [0.2, 0.25) is 5.91 Å². The van der Waals surface area contributed by atoms with E-state index in [1.807, 2.05) is 68.4 Å². The third-order valence-corrected chi connectivity index (χ3v) is 5.95. The molecule has 6 heteroatoms. The first-order valence-corrected chi connectivity index (χ1v) is 9.95. The van der Waals surface area contributed by atoms with Crippen LogP contribution in [0.5, 0.6) is 0 Å². The quantitative estimate of drug-likeness (QED) is 0.650. The van der Waals surface area contributed by atoms with Gasteiger partial charge in [-0.05, 0) is 25.5 Å². The van der Waals surface area contributed by atoms with Gasteiger partial charge in [0.25, 0.3) is 5.91 Å². The monoisotopic (exact) mass is 400 g/mol. The second-order valence-corrected chi connectivity index (χ2v) is 7.96. The van der Waals surface area contributed by atoms with Crippen LogP contribution in [0.2, 0.25) is 5.02 Å². The second-order valence-electron chi connectivity index (χ2n) is 6.52. The maximum atomic E-state index is 12.7. The van der Waals surface area contributed by atoms with Crippen molar-refractivity contribution in [1.29, 1.82) is 0 Å². The van der Waals surface area contributed by atoms with Gasteiger partial charge in [0.05, 0.1) is 11.6 Å². The van der Waals surface area contributed by atoms with Crippen LogP contribution in [0.1, 0.15) is 29.1 Å². The molecular weight excluding hydrogens is 380 g/mol. The van der Waals surface area contributed by atoms with Crippen molar-refractivity contribution in [2.45, 2.75) is 26.4 Å². The first-order valence-electron chi connectivity index (χ1n) is 8.76. The van der Waals surface area contributed by atoms with Crippen LogP contribution in [0.4, 0.5) is 0 Å². The van der Waals surface area contributed by atoms with Crippen LogP contribution < -0.4 is 5.32 Å². The molecule has 140 valence electrons. The Labute approximate surface area is 167 Å². The van der Waals surface area contributed by atoms with E-state index in [1.165, 1.54) is 11.3 Å². The number of nitrogens with one attached hydrogen (secondary N) is 1. The highest BCUT2D eigenvalue weighted by atomic mass is 35.5. The first kappa shape index (κ1) is 19.4. The number of benzene rings is 2. The molecule has 0 radical (unpaired) electrons. The lowest BCUT2D eigenvalue weighted by atomic mass is 10.2. The van der Waals surface area contributed by atoms with Gasteiger partial charge in [-0.15, -0.1) is 11.3 Å². The number of carbonyl (C=O) groups is 2. The van der Waals surface area contributed by atoms with Crippen molar-refractivity contribution in [2.75, 3.05) is 6.54 Å². The Morgan fingerprint density at radius 3 is 2.41 bits per heavy atom. The molecule has 0 saturated carbocycles. The minimum Gasteiger partial charge on any atom is -0.342 e. The predicted octanol–water partition coefficient (Wildman–Crippen LogP) is 4.72. The minimum atomic E-state index is -0.321. The molecule has 1 N–H and O–H groups in total. The molecule has 0 saturated heterocycles. The van der Waals surface area contributed by atoms with E-state index >= 15 is 0 Å². The molecule has 0 aliphatic rings. The lowest BCUT2D eigenvalue weighted by Crippen LogP contribution is -2.43. The summed E-state index contributed by atoms with van der Waals surface area (Å²) in [4.78, 5) is 27.4. The largest absolute Gasteiger partial charge is 0.342 e. The Kier molecular flexibility index (Phi) is 6.14. The molecule has 2 aromatic carbocycles. The third-order valence-electron chi connectivity index (χ3n) is 4.28. The molecule has 0 spiro atoms. The summed E-state index contributed by atoms with van der Waals surface area (Å²) in [5.74, 6) is -0.447. The molecule has 0 fully saturated rings. The highest BCUT2D eigenvalue weighted by Gasteiger charge is 2.21. The van der Waals surface area contributed by atoms with Crippen LogP contribution >= 0.6 is 22.9 Å². The Bertz CT molecular complexity index is 953. The zero-order valence-electron chi connectivity index (χ0n) is 15.2. The molecule has 3 rings (SSSR count). The summed E-state index contributed by atoms with van der Waals surface area (Å²) in [6.07, 6.45) is 0. The molecule has 0 atom stereocenters. The summed E-state index contributed by atoms with van der Waals surface area (Å²) < 4.78 is 0.951. The summed E-state index contributed by atoms with van der Waals surface area (Å²) in [6.45, 7) is 4.38. The first-order chi connectivity index (χ1) is 13.0. The number of nitrogens with zero attached hydrogens (tertiary/aromatic N) is 1. The van der Waals surface area contributed by atoms with E-state index in [1.54, 1.807) is 4.90 Å². The van der Waals surface area contributed by atoms with Crippen LogP contribution in [0.3, 0.4) is 0 Å². The molecular formula is C21H21ClN2O2S. The fourth-order valence-corrected chi connectivity index (χ4v) is 4.27. The van der Waals surface area contributed by atoms with Crippen LogP contribution in [0.15, 0.2) is 54.6 Å². The summed E-state index contributed by atoms with van der Waals surface area (Å²) in [6, 6.07) is 17.4. The highest BCUT2D eigenvalue weighted by Crippen LogP contribution is 2.34. The minimum absolute atomic E-state index is 0.0301. The number of fused-ring (bicyclic) bond motifs is 1. The maximum Gasteiger partial charge on any atom is 0.263 e. The number of rotatable bonds is 6. The van der Waals surface area contributed by atoms with Crippen LogP contribution in [-0.4, -0.2) is 29.3 Å². The van der Waals surface area contributed by atoms with E-state index in [-0.39, 0.29) is 24.4 Å². The van der Waals surface area contributed by atoms with Crippen LogP contribution in [-0.2, 0) is 11.3 Å². The normalized spacial score (nSPS) is 11.0. The zero-order chi connectivity index (χ0) is 19.4. The van der Waals surface area contributed by atoms with Crippen molar-refractivity contribution in [2.24, 2.45) is 0 Å². The van der Waals surface area contributed by atoms with Gasteiger partial charge in [0.15, 0.2) is 0 Å². The van der Waals surface area contributed by atoms with Gasteiger partial charge in [0, 0.05) is 22.7 Å². The SMILES string of the molecule is CC(C)N(Cc1ccccc1)C(=O)CNC(=O)c1sc2ccccc2c1Cl. The van der Waals surface area contributed by atoms with Gasteiger partial charge in [-0.3, -0.25) is 9.59 Å². The predicted molar refractivity (Wildman–Crippen MR) is 111 cm³/mol. The molecule has 0 aliphatic carbocycles. The molecule has 0 unspecified atom stereocenters. The van der Waals surface area contributed by atoms with Crippen molar-refractivity contribution in [3.63, 3.8) is 0 Å². The summed E-state index contributed by atoms with van der Waals surface area (Å²) in [5, 5.41) is 4.01. The van der Waals surface area contributed by atoms with Crippen molar-refractivity contribution in [3.05, 3.63) is 70.1 Å². The van der Waals surface area contributed by atoms with E-state index in [0.717, 1.165) is 15.6 Å². The van der Waals surface area contributed by atoms with Gasteiger partial charge < -0.3 is 10.2 Å². The average Bonchev–Trinajstić information content (AvgIpc) is 3.01. The number of carbonyl (C=O) groups excluding carboxylic acids is 2. The molecule has 4 nitrogen and oxygen atoms in total. The Hall–Kier alpha value is -2.37. The molecule has 27 heavy (non-hydrogen) atoms. The van der Waals surface area contributed by atoms with Crippen molar-refractivity contribution >= 4 is 44.8 Å². The Morgan fingerprint density at radius 2 is 1.74 bits per heavy atom. The van der Waals surface area contributed by atoms with Gasteiger partial charge in [-0.25, -0.2) is 0 Å². The maximum absolute atomic E-state index is 12.7. The van der Waals surface area contributed by atoms with E-state index in [2.05, 4.69) is 5.32 Å². The van der Waals surface area contributed by atoms with Crippen molar-refractivity contribution in [1.82, 2.24) is 10.2 Å². The third kappa shape index (κ3) is 4.49. The highest BCUT2D eigenvalue weighted by molar-refractivity contribution is 7.21. The fraction of sp³-hybridized carbons (Fsp3) is 0.238. The lowest BCUT2D eigenvalue weighted by Gasteiger charge is -2.27. The second kappa shape index (κ2) is 8.55. The molecule has 1 aromatic heterocycles. The Balaban J connectivity index is 1.67. The van der Waals surface area contributed by atoms with Crippen LogP contribution in [0.25, 0.3) is 10.1 Å². The number of amides is 2. The number of thiophene rings is 1. The molecule has 0 bridgehead atoms. The molecule has 3 aromatic rings. The number of hydrogen-bond donors (Lipinski definition) is 1. The average molecular weight is 401 g/mol. The van der Waals surface area contributed by atoms with Crippen LogP contribution in [0, 0.1) is 0 Å². The smallest absolute Gasteiger partial charge is 0.263 e. The fourth-order valence-electron chi connectivity index (χ4n) is 2.84. The zero-order valence-corrected chi connectivity index (χ0v) is 16.8. The van der Waals surface area contributed by atoms with E-state index in [0.29, 0.717) is 16.4 Å². The molecule has 0 aliphatic heterocycles. The van der Waals surface area contributed by atoms with Crippen molar-refractivity contribution in [3.8, 4) is 0 Å². The van der Waals surface area contributed by atoms with Gasteiger partial charge in [-0.2, -0.15) is 0 Å². The topological polar surface area (TPSA) is 49.4 Å². The van der Waals surface area contributed by atoms with E-state index in [9.17, 15) is 9.59 Å². The van der Waals surface area contributed by atoms with E-state index < -0.39 is 0 Å². The van der Waals surface area contributed by atoms with Gasteiger partial charge >= 0.3 is 0 Å². The standard InChI is InChI=1S/C21H21ClN2O2S/c1-14(2)24(13-15-8-4-3-5-9-15)18(25)12-23-21(26)20-19(22)16-10-6-7-11-17(16)27-20/h3-11,14H,12-13H2,1-2H3,(H,23,26). The molecule has 2 amide bonds. The number of hydrogen-bond acceptors (Lipinski definition) is 3. The molecule has 1 heterocycles. The van der Waals surface area contributed by atoms with Gasteiger partial charge in [-0.1, -0.05) is 60.1 Å². The summed E-state index contributed by atoms with van der Waals surface area (Å²) in [5.41, 5.74) is 1.05.